The Balaban J connectivity index is 1.38. The summed E-state index contributed by atoms with van der Waals surface area (Å²) in [5, 5.41) is 7.36. The molecule has 7 heteroatoms. The molecule has 2 heterocycles. The van der Waals surface area contributed by atoms with Crippen LogP contribution in [0.1, 0.15) is 18.4 Å². The molecule has 0 bridgehead atoms. The number of hydrogen-bond acceptors (Lipinski definition) is 4. The lowest BCUT2D eigenvalue weighted by atomic mass is 10.1. The molecule has 3 aromatic rings. The Kier molecular flexibility index (Phi) is 6.14. The summed E-state index contributed by atoms with van der Waals surface area (Å²) in [4.78, 5) is 27.2. The normalized spacial score (nSPS) is 16.1. The fraction of sp³-hybridized carbons (Fsp3) is 0.261. The molecule has 6 nitrogen and oxygen atoms in total. The molecule has 1 saturated heterocycles. The summed E-state index contributed by atoms with van der Waals surface area (Å²) in [6.07, 6.45) is 4.03. The van der Waals surface area contributed by atoms with Crippen LogP contribution in [0.4, 0.5) is 5.69 Å². The van der Waals surface area contributed by atoms with Crippen LogP contribution in [0.15, 0.2) is 71.7 Å². The van der Waals surface area contributed by atoms with Crippen molar-refractivity contribution in [2.45, 2.75) is 25.3 Å². The topological polar surface area (TPSA) is 67.2 Å². The number of benzene rings is 2. The van der Waals surface area contributed by atoms with E-state index >= 15 is 0 Å². The van der Waals surface area contributed by atoms with Crippen LogP contribution < -0.4 is 10.9 Å². The molecule has 1 unspecified atom stereocenters. The van der Waals surface area contributed by atoms with Crippen LogP contribution in [0.25, 0.3) is 5.69 Å². The first-order valence-electron chi connectivity index (χ1n) is 10.1. The Morgan fingerprint density at radius 2 is 1.73 bits per heavy atom. The number of carbonyl (C=O) groups excluding carboxylic acids is 1. The van der Waals surface area contributed by atoms with Crippen LogP contribution in [-0.2, 0) is 11.2 Å². The van der Waals surface area contributed by atoms with E-state index in [0.717, 1.165) is 12.8 Å². The van der Waals surface area contributed by atoms with Crippen LogP contribution in [0.2, 0.25) is 5.02 Å². The van der Waals surface area contributed by atoms with Crippen molar-refractivity contribution in [3.63, 3.8) is 0 Å². The van der Waals surface area contributed by atoms with Gasteiger partial charge in [-0.3, -0.25) is 9.59 Å². The van der Waals surface area contributed by atoms with E-state index in [0.29, 0.717) is 30.9 Å². The number of nitrogens with one attached hydrogen (secondary N) is 1. The number of aromatic nitrogens is 2. The zero-order valence-corrected chi connectivity index (χ0v) is 17.3. The van der Waals surface area contributed by atoms with Gasteiger partial charge < -0.3 is 10.2 Å². The zero-order valence-electron chi connectivity index (χ0n) is 16.5. The molecule has 1 fully saturated rings. The van der Waals surface area contributed by atoms with E-state index in [1.807, 2.05) is 41.3 Å². The Morgan fingerprint density at radius 3 is 2.47 bits per heavy atom. The van der Waals surface area contributed by atoms with Gasteiger partial charge >= 0.3 is 0 Å². The van der Waals surface area contributed by atoms with Crippen molar-refractivity contribution in [3.05, 3.63) is 87.8 Å². The van der Waals surface area contributed by atoms with Crippen LogP contribution >= 0.6 is 11.6 Å². The number of halogens is 1. The van der Waals surface area contributed by atoms with Gasteiger partial charge in [0.15, 0.2) is 0 Å². The zero-order chi connectivity index (χ0) is 20.9. The van der Waals surface area contributed by atoms with Crippen LogP contribution in [0.5, 0.6) is 0 Å². The smallest absolute Gasteiger partial charge is 0.292 e. The molecule has 0 aliphatic carbocycles. The standard InChI is InChI=1S/C23H23ClN4O2/c24-21-20(16-25-28(23(21)30)18-11-5-2-6-12-18)26-19-13-15-27(22(19)29)14-7-10-17-8-3-1-4-9-17/h1-6,8-9,11-12,16,19,26H,7,10,13-15H2. The van der Waals surface area contributed by atoms with Crippen LogP contribution in [-0.4, -0.2) is 39.7 Å². The van der Waals surface area contributed by atoms with E-state index in [2.05, 4.69) is 22.5 Å². The molecule has 0 saturated carbocycles. The van der Waals surface area contributed by atoms with Crippen molar-refractivity contribution in [1.82, 2.24) is 14.7 Å². The number of hydrogen-bond donors (Lipinski definition) is 1. The predicted molar refractivity (Wildman–Crippen MR) is 118 cm³/mol. The minimum absolute atomic E-state index is 0.0316. The van der Waals surface area contributed by atoms with Crippen LogP contribution in [0.3, 0.4) is 0 Å². The van der Waals surface area contributed by atoms with Crippen molar-refractivity contribution >= 4 is 23.2 Å². The molecule has 0 spiro atoms. The van der Waals surface area contributed by atoms with E-state index in [9.17, 15) is 9.59 Å². The lowest BCUT2D eigenvalue weighted by Gasteiger charge is -2.18. The quantitative estimate of drug-likeness (QED) is 0.632. The van der Waals surface area contributed by atoms with Gasteiger partial charge in [-0.2, -0.15) is 9.78 Å². The Bertz CT molecular complexity index is 1070. The second-order valence-corrected chi connectivity index (χ2v) is 7.70. The van der Waals surface area contributed by atoms with Gasteiger partial charge in [0.1, 0.15) is 11.1 Å². The highest BCUT2D eigenvalue weighted by Crippen LogP contribution is 2.22. The third-order valence-electron chi connectivity index (χ3n) is 5.28. The molecular weight excluding hydrogens is 400 g/mol. The minimum atomic E-state index is -0.418. The third kappa shape index (κ3) is 4.39. The highest BCUT2D eigenvalue weighted by atomic mass is 35.5. The number of anilines is 1. The molecule has 1 aliphatic rings. The molecule has 1 atom stereocenters. The maximum atomic E-state index is 12.8. The second kappa shape index (κ2) is 9.13. The summed E-state index contributed by atoms with van der Waals surface area (Å²) in [6.45, 7) is 1.41. The molecule has 1 N–H and O–H groups in total. The van der Waals surface area contributed by atoms with Gasteiger partial charge in [-0.25, -0.2) is 0 Å². The molecule has 154 valence electrons. The number of para-hydroxylation sites is 1. The van der Waals surface area contributed by atoms with E-state index < -0.39 is 11.6 Å². The lowest BCUT2D eigenvalue weighted by Crippen LogP contribution is -2.35. The number of aryl methyl sites for hydroxylation is 1. The first kappa shape index (κ1) is 20.2. The number of amides is 1. The summed E-state index contributed by atoms with van der Waals surface area (Å²) >= 11 is 6.30. The van der Waals surface area contributed by atoms with E-state index in [1.54, 1.807) is 12.1 Å². The second-order valence-electron chi connectivity index (χ2n) is 7.32. The van der Waals surface area contributed by atoms with Crippen molar-refractivity contribution in [2.75, 3.05) is 18.4 Å². The molecule has 1 amide bonds. The Hall–Kier alpha value is -3.12. The van der Waals surface area contributed by atoms with Gasteiger partial charge in [-0.1, -0.05) is 60.1 Å². The molecule has 2 aromatic carbocycles. The van der Waals surface area contributed by atoms with Gasteiger partial charge in [0.2, 0.25) is 5.91 Å². The van der Waals surface area contributed by atoms with Crippen molar-refractivity contribution in [2.24, 2.45) is 0 Å². The van der Waals surface area contributed by atoms with E-state index in [1.165, 1.54) is 16.4 Å². The van der Waals surface area contributed by atoms with Crippen molar-refractivity contribution in [3.8, 4) is 5.69 Å². The highest BCUT2D eigenvalue weighted by molar-refractivity contribution is 6.33. The predicted octanol–water partition coefficient (Wildman–Crippen LogP) is 3.53. The molecule has 1 aromatic heterocycles. The monoisotopic (exact) mass is 422 g/mol. The van der Waals surface area contributed by atoms with E-state index in [4.69, 9.17) is 11.6 Å². The first-order chi connectivity index (χ1) is 14.6. The Morgan fingerprint density at radius 1 is 1.03 bits per heavy atom. The SMILES string of the molecule is O=C1C(Nc2cnn(-c3ccccc3)c(=O)c2Cl)CCN1CCCc1ccccc1. The third-order valence-corrected chi connectivity index (χ3v) is 5.65. The highest BCUT2D eigenvalue weighted by Gasteiger charge is 2.31. The summed E-state index contributed by atoms with van der Waals surface area (Å²) in [6, 6.07) is 18.9. The van der Waals surface area contributed by atoms with Gasteiger partial charge in [0, 0.05) is 13.1 Å². The Labute approximate surface area is 180 Å². The number of carbonyl (C=O) groups is 1. The summed E-state index contributed by atoms with van der Waals surface area (Å²) < 4.78 is 1.25. The summed E-state index contributed by atoms with van der Waals surface area (Å²) in [5.41, 5.74) is 1.88. The van der Waals surface area contributed by atoms with Crippen molar-refractivity contribution < 1.29 is 4.79 Å². The maximum absolute atomic E-state index is 12.8. The minimum Gasteiger partial charge on any atom is -0.371 e. The summed E-state index contributed by atoms with van der Waals surface area (Å²) in [7, 11) is 0. The molecule has 4 rings (SSSR count). The van der Waals surface area contributed by atoms with Crippen LogP contribution in [0, 0.1) is 0 Å². The average molecular weight is 423 g/mol. The summed E-state index contributed by atoms with van der Waals surface area (Å²) in [5.74, 6) is 0.0337. The lowest BCUT2D eigenvalue weighted by molar-refractivity contribution is -0.128. The maximum Gasteiger partial charge on any atom is 0.292 e. The van der Waals surface area contributed by atoms with Gasteiger partial charge in [-0.15, -0.1) is 0 Å². The average Bonchev–Trinajstić information content (AvgIpc) is 3.12. The van der Waals surface area contributed by atoms with Gasteiger partial charge in [-0.05, 0) is 37.0 Å². The molecule has 30 heavy (non-hydrogen) atoms. The number of likely N-dealkylation sites (tertiary alicyclic amines) is 1. The van der Waals surface area contributed by atoms with Gasteiger partial charge in [0.05, 0.1) is 17.6 Å². The fourth-order valence-corrected chi connectivity index (χ4v) is 3.87. The van der Waals surface area contributed by atoms with Crippen molar-refractivity contribution in [1.29, 1.82) is 0 Å². The van der Waals surface area contributed by atoms with E-state index in [-0.39, 0.29) is 10.9 Å². The molecular formula is C23H23ClN4O2. The largest absolute Gasteiger partial charge is 0.371 e. The molecule has 1 aliphatic heterocycles. The fourth-order valence-electron chi connectivity index (χ4n) is 3.69. The number of rotatable bonds is 7. The first-order valence-corrected chi connectivity index (χ1v) is 10.4. The molecule has 0 radical (unpaired) electrons. The number of nitrogens with zero attached hydrogens (tertiary/aromatic N) is 3. The van der Waals surface area contributed by atoms with Gasteiger partial charge in [0.25, 0.3) is 5.56 Å².